The summed E-state index contributed by atoms with van der Waals surface area (Å²) in [6.45, 7) is 4.25. The van der Waals surface area contributed by atoms with E-state index in [4.69, 9.17) is 0 Å². The van der Waals surface area contributed by atoms with Gasteiger partial charge >= 0.3 is 15.5 Å². The van der Waals surface area contributed by atoms with Crippen molar-refractivity contribution in [3.63, 3.8) is 0 Å². The van der Waals surface area contributed by atoms with Crippen molar-refractivity contribution in [1.29, 1.82) is 0 Å². The predicted octanol–water partition coefficient (Wildman–Crippen LogP) is 3.34. The fourth-order valence-corrected chi connectivity index (χ4v) is 4.73. The Morgan fingerprint density at radius 2 is 1.83 bits per heavy atom. The molecule has 1 aliphatic heterocycles. The maximum atomic E-state index is 12.7. The molecule has 0 amide bonds. The van der Waals surface area contributed by atoms with Crippen molar-refractivity contribution in [2.75, 3.05) is 19.6 Å². The lowest BCUT2D eigenvalue weighted by Gasteiger charge is -2.32. The average molecular weight is 560 g/mol. The van der Waals surface area contributed by atoms with Gasteiger partial charge in [0.15, 0.2) is 5.96 Å². The minimum Gasteiger partial charge on any atom is -0.354 e. The van der Waals surface area contributed by atoms with Crippen LogP contribution < -0.4 is 10.6 Å². The Balaban J connectivity index is 0.00000320. The first-order valence-electron chi connectivity index (χ1n) is 9.83. The number of rotatable bonds is 5. The molecule has 1 heterocycles. The molecule has 6 nitrogen and oxygen atoms in total. The number of guanidine groups is 1. The van der Waals surface area contributed by atoms with Crippen LogP contribution in [0.25, 0.3) is 0 Å². The van der Waals surface area contributed by atoms with Crippen molar-refractivity contribution in [3.05, 3.63) is 35.4 Å². The number of halogens is 4. The molecule has 1 aliphatic carbocycles. The quantitative estimate of drug-likeness (QED) is 0.330. The molecule has 0 radical (unpaired) electrons. The molecule has 1 saturated carbocycles. The van der Waals surface area contributed by atoms with E-state index < -0.39 is 15.5 Å². The van der Waals surface area contributed by atoms with Gasteiger partial charge in [0.25, 0.3) is 0 Å². The molecule has 0 aromatic heterocycles. The molecule has 1 aromatic rings. The molecule has 1 aromatic carbocycles. The first kappa shape index (κ1) is 25.2. The summed E-state index contributed by atoms with van der Waals surface area (Å²) in [7, 11) is -5.25. The van der Waals surface area contributed by atoms with Gasteiger partial charge in [-0.3, -0.25) is 4.99 Å². The zero-order chi connectivity index (χ0) is 21.2. The summed E-state index contributed by atoms with van der Waals surface area (Å²) in [5, 5.41) is 6.67. The topological polar surface area (TPSA) is 73.8 Å². The number of benzene rings is 1. The van der Waals surface area contributed by atoms with Crippen LogP contribution in [0.2, 0.25) is 0 Å². The highest BCUT2D eigenvalue weighted by atomic mass is 127. The summed E-state index contributed by atoms with van der Waals surface area (Å²) < 4.78 is 61.7. The summed E-state index contributed by atoms with van der Waals surface area (Å²) in [5.74, 6) is 1.05. The Morgan fingerprint density at radius 1 is 1.20 bits per heavy atom. The highest BCUT2D eigenvalue weighted by Crippen LogP contribution is 2.42. The van der Waals surface area contributed by atoms with Gasteiger partial charge in [-0.15, -0.1) is 24.0 Å². The molecule has 3 rings (SSSR count). The van der Waals surface area contributed by atoms with Crippen LogP contribution in [0.15, 0.2) is 29.3 Å². The lowest BCUT2D eigenvalue weighted by atomic mass is 10.0. The van der Waals surface area contributed by atoms with Gasteiger partial charge in [0.1, 0.15) is 0 Å². The Labute approximate surface area is 192 Å². The molecule has 2 fully saturated rings. The van der Waals surface area contributed by atoms with Crippen molar-refractivity contribution >= 4 is 40.0 Å². The van der Waals surface area contributed by atoms with Gasteiger partial charge in [0.2, 0.25) is 0 Å². The Hall–Kier alpha value is -1.08. The van der Waals surface area contributed by atoms with E-state index in [9.17, 15) is 21.6 Å². The maximum absolute atomic E-state index is 12.7. The van der Waals surface area contributed by atoms with Crippen LogP contribution in [-0.4, -0.2) is 55.9 Å². The number of alkyl halides is 3. The average Bonchev–Trinajstić information content (AvgIpc) is 3.40. The standard InChI is InChI=1S/C19H27F3N4O2S.HI/c1-3-23-18(25-17-12-16(17)15-7-5-4-6-13(15)2)24-14-8-10-26(11-9-14)29(27,28)19(20,21)22;/h4-7,14,16-17H,3,8-12H2,1-2H3,(H2,23,24,25);1H. The van der Waals surface area contributed by atoms with Crippen LogP contribution in [0.3, 0.4) is 0 Å². The number of hydrogen-bond donors (Lipinski definition) is 2. The van der Waals surface area contributed by atoms with Crippen LogP contribution in [-0.2, 0) is 10.0 Å². The number of nitrogens with one attached hydrogen (secondary N) is 2. The number of aliphatic imine (C=N–C) groups is 1. The Kier molecular flexibility index (Phi) is 8.42. The normalized spacial score (nSPS) is 23.6. The fourth-order valence-electron chi connectivity index (χ4n) is 3.75. The zero-order valence-electron chi connectivity index (χ0n) is 16.9. The van der Waals surface area contributed by atoms with Gasteiger partial charge in [-0.05, 0) is 44.2 Å². The molecule has 11 heteroatoms. The number of piperidine rings is 1. The molecule has 0 spiro atoms. The first-order chi connectivity index (χ1) is 13.6. The van der Waals surface area contributed by atoms with E-state index in [1.165, 1.54) is 11.1 Å². The number of hydrogen-bond acceptors (Lipinski definition) is 3. The molecular weight excluding hydrogens is 532 g/mol. The van der Waals surface area contributed by atoms with E-state index in [1.54, 1.807) is 0 Å². The van der Waals surface area contributed by atoms with E-state index in [-0.39, 0.29) is 49.1 Å². The number of aryl methyl sites for hydroxylation is 1. The minimum absolute atomic E-state index is 0. The van der Waals surface area contributed by atoms with Crippen LogP contribution in [0, 0.1) is 6.92 Å². The van der Waals surface area contributed by atoms with Gasteiger partial charge in [-0.25, -0.2) is 8.42 Å². The lowest BCUT2D eigenvalue weighted by Crippen LogP contribution is -2.52. The molecule has 30 heavy (non-hydrogen) atoms. The van der Waals surface area contributed by atoms with E-state index in [0.717, 1.165) is 6.42 Å². The summed E-state index contributed by atoms with van der Waals surface area (Å²) in [6.07, 6.45) is 1.59. The van der Waals surface area contributed by atoms with Crippen molar-refractivity contribution in [2.24, 2.45) is 4.99 Å². The van der Waals surface area contributed by atoms with E-state index in [1.807, 2.05) is 19.1 Å². The Bertz CT molecular complexity index is 856. The summed E-state index contributed by atoms with van der Waals surface area (Å²) in [6, 6.07) is 8.40. The summed E-state index contributed by atoms with van der Waals surface area (Å²) >= 11 is 0. The second-order valence-electron chi connectivity index (χ2n) is 7.54. The van der Waals surface area contributed by atoms with Gasteiger partial charge in [0, 0.05) is 37.6 Å². The third-order valence-electron chi connectivity index (χ3n) is 5.44. The van der Waals surface area contributed by atoms with Crippen LogP contribution in [0.1, 0.15) is 43.2 Å². The van der Waals surface area contributed by atoms with E-state index in [2.05, 4.69) is 34.7 Å². The lowest BCUT2D eigenvalue weighted by molar-refractivity contribution is -0.0494. The van der Waals surface area contributed by atoms with E-state index in [0.29, 0.717) is 35.6 Å². The molecule has 170 valence electrons. The van der Waals surface area contributed by atoms with Gasteiger partial charge in [0.05, 0.1) is 0 Å². The van der Waals surface area contributed by atoms with Crippen molar-refractivity contribution in [1.82, 2.24) is 14.9 Å². The number of nitrogens with zero attached hydrogens (tertiary/aromatic N) is 2. The molecule has 1 saturated heterocycles. The third kappa shape index (κ3) is 5.78. The minimum atomic E-state index is -5.25. The summed E-state index contributed by atoms with van der Waals surface area (Å²) in [4.78, 5) is 4.44. The second-order valence-corrected chi connectivity index (χ2v) is 9.47. The third-order valence-corrected chi connectivity index (χ3v) is 7.07. The highest BCUT2D eigenvalue weighted by Gasteiger charge is 2.50. The predicted molar refractivity (Wildman–Crippen MR) is 122 cm³/mol. The number of sulfonamides is 1. The fraction of sp³-hybridized carbons (Fsp3) is 0.632. The first-order valence-corrected chi connectivity index (χ1v) is 11.3. The Morgan fingerprint density at radius 3 is 2.40 bits per heavy atom. The molecule has 2 atom stereocenters. The molecule has 2 aliphatic rings. The second kappa shape index (κ2) is 10.0. The molecular formula is C19H28F3IN4O2S. The van der Waals surface area contributed by atoms with Gasteiger partial charge < -0.3 is 10.6 Å². The monoisotopic (exact) mass is 560 g/mol. The van der Waals surface area contributed by atoms with E-state index >= 15 is 0 Å². The van der Waals surface area contributed by atoms with Crippen LogP contribution >= 0.6 is 24.0 Å². The van der Waals surface area contributed by atoms with Gasteiger partial charge in [-0.1, -0.05) is 24.3 Å². The highest BCUT2D eigenvalue weighted by molar-refractivity contribution is 14.0. The maximum Gasteiger partial charge on any atom is 0.511 e. The molecule has 2 unspecified atom stereocenters. The zero-order valence-corrected chi connectivity index (χ0v) is 20.1. The van der Waals surface area contributed by atoms with Crippen molar-refractivity contribution in [2.45, 2.75) is 56.6 Å². The smallest absolute Gasteiger partial charge is 0.354 e. The molecule has 0 bridgehead atoms. The van der Waals surface area contributed by atoms with Crippen molar-refractivity contribution in [3.8, 4) is 0 Å². The largest absolute Gasteiger partial charge is 0.511 e. The van der Waals surface area contributed by atoms with Gasteiger partial charge in [-0.2, -0.15) is 17.5 Å². The van der Waals surface area contributed by atoms with Crippen LogP contribution in [0.4, 0.5) is 13.2 Å². The SMILES string of the molecule is CCN=C(NC1CCN(S(=O)(=O)C(F)(F)F)CC1)NC1CC1c1ccccc1C.I. The summed E-state index contributed by atoms with van der Waals surface area (Å²) in [5.41, 5.74) is -2.69. The van der Waals surface area contributed by atoms with Crippen LogP contribution in [0.5, 0.6) is 0 Å². The molecule has 2 N–H and O–H groups in total. The van der Waals surface area contributed by atoms with Crippen molar-refractivity contribution < 1.29 is 21.6 Å².